The Morgan fingerprint density at radius 1 is 1.16 bits per heavy atom. The summed E-state index contributed by atoms with van der Waals surface area (Å²) in [5, 5.41) is 23.7. The summed E-state index contributed by atoms with van der Waals surface area (Å²) < 4.78 is 5.69. The molecule has 0 saturated carbocycles. The Morgan fingerprint density at radius 3 is 2.53 bits per heavy atom. The number of carbonyl (C=O) groups is 1. The molecule has 3 atom stereocenters. The minimum atomic E-state index is -0.512. The summed E-state index contributed by atoms with van der Waals surface area (Å²) in [6.07, 6.45) is 3.57. The molecule has 1 amide bonds. The summed E-state index contributed by atoms with van der Waals surface area (Å²) in [5.41, 5.74) is 2.97. The number of aromatic nitrogens is 3. The van der Waals surface area contributed by atoms with Crippen LogP contribution in [0.1, 0.15) is 69.0 Å². The Balaban J connectivity index is 1.42. The summed E-state index contributed by atoms with van der Waals surface area (Å²) in [7, 11) is 0. The van der Waals surface area contributed by atoms with E-state index in [4.69, 9.17) is 9.72 Å². The van der Waals surface area contributed by atoms with Gasteiger partial charge in [0.1, 0.15) is 11.4 Å². The van der Waals surface area contributed by atoms with E-state index in [-0.39, 0.29) is 24.2 Å². The molecular formula is C29H35N7O2. The summed E-state index contributed by atoms with van der Waals surface area (Å²) in [5.74, 6) is 1.54. The van der Waals surface area contributed by atoms with Crippen LogP contribution in [0.25, 0.3) is 10.8 Å². The van der Waals surface area contributed by atoms with Gasteiger partial charge in [-0.05, 0) is 77.6 Å². The number of carbonyl (C=O) groups excluding carboxylic acids is 1. The van der Waals surface area contributed by atoms with Gasteiger partial charge < -0.3 is 15.0 Å². The van der Waals surface area contributed by atoms with Crippen LogP contribution in [0.5, 0.6) is 0 Å². The number of hydrogen-bond acceptors (Lipinski definition) is 8. The fourth-order valence-corrected chi connectivity index (χ4v) is 5.67. The van der Waals surface area contributed by atoms with Crippen LogP contribution < -0.4 is 10.2 Å². The highest BCUT2D eigenvalue weighted by Gasteiger charge is 2.44. The minimum Gasteiger partial charge on any atom is -0.444 e. The molecule has 9 heteroatoms. The maximum absolute atomic E-state index is 12.9. The molecule has 2 saturated heterocycles. The van der Waals surface area contributed by atoms with Gasteiger partial charge in [0, 0.05) is 30.1 Å². The Morgan fingerprint density at radius 2 is 1.87 bits per heavy atom. The Hall–Kier alpha value is -3.93. The second kappa shape index (κ2) is 9.75. The van der Waals surface area contributed by atoms with Gasteiger partial charge in [-0.3, -0.25) is 4.90 Å². The van der Waals surface area contributed by atoms with E-state index in [1.165, 1.54) is 0 Å². The first-order valence-electron chi connectivity index (χ1n) is 13.2. The van der Waals surface area contributed by atoms with E-state index < -0.39 is 5.60 Å². The maximum Gasteiger partial charge on any atom is 0.410 e. The molecule has 5 rings (SSSR count). The van der Waals surface area contributed by atoms with Crippen molar-refractivity contribution in [3.05, 3.63) is 52.8 Å². The summed E-state index contributed by atoms with van der Waals surface area (Å²) in [4.78, 5) is 21.9. The molecule has 9 nitrogen and oxygen atoms in total. The zero-order valence-electron chi connectivity index (χ0n) is 22.9. The second-order valence-electron chi connectivity index (χ2n) is 11.4. The molecule has 38 heavy (non-hydrogen) atoms. The molecule has 2 unspecified atom stereocenters. The summed E-state index contributed by atoms with van der Waals surface area (Å²) >= 11 is 0. The van der Waals surface area contributed by atoms with E-state index in [2.05, 4.69) is 39.5 Å². The molecule has 2 aromatic heterocycles. The number of ether oxygens (including phenoxy) is 1. The predicted molar refractivity (Wildman–Crippen MR) is 147 cm³/mol. The van der Waals surface area contributed by atoms with E-state index in [1.54, 1.807) is 0 Å². The Kier molecular flexibility index (Phi) is 6.59. The van der Waals surface area contributed by atoms with Crippen molar-refractivity contribution < 1.29 is 9.53 Å². The minimum absolute atomic E-state index is 0.0756. The Labute approximate surface area is 223 Å². The number of nitrogens with one attached hydrogen (secondary N) is 1. The van der Waals surface area contributed by atoms with Crippen molar-refractivity contribution in [2.75, 3.05) is 23.3 Å². The molecule has 0 spiro atoms. The molecule has 2 bridgehead atoms. The van der Waals surface area contributed by atoms with E-state index >= 15 is 0 Å². The van der Waals surface area contributed by atoms with Gasteiger partial charge in [-0.15, -0.1) is 5.10 Å². The molecule has 1 aromatic carbocycles. The molecule has 3 aromatic rings. The van der Waals surface area contributed by atoms with Gasteiger partial charge in [-0.2, -0.15) is 10.4 Å². The van der Waals surface area contributed by atoms with Gasteiger partial charge >= 0.3 is 6.09 Å². The normalized spacial score (nSPS) is 19.8. The first kappa shape index (κ1) is 25.7. The quantitative estimate of drug-likeness (QED) is 0.502. The number of pyridine rings is 1. The van der Waals surface area contributed by atoms with Crippen LogP contribution in [-0.4, -0.2) is 56.9 Å². The average Bonchev–Trinajstić information content (AvgIpc) is 3.14. The lowest BCUT2D eigenvalue weighted by Gasteiger charge is -2.41. The van der Waals surface area contributed by atoms with Crippen molar-refractivity contribution in [1.82, 2.24) is 20.1 Å². The van der Waals surface area contributed by atoms with Crippen LogP contribution >= 0.6 is 0 Å². The molecule has 4 heterocycles. The predicted octanol–water partition coefficient (Wildman–Crippen LogP) is 5.27. The summed E-state index contributed by atoms with van der Waals surface area (Å²) in [6, 6.07) is 10.2. The number of amides is 1. The fraction of sp³-hybridized carbons (Fsp3) is 0.483. The van der Waals surface area contributed by atoms with Gasteiger partial charge in [0.25, 0.3) is 0 Å². The maximum atomic E-state index is 12.9. The van der Waals surface area contributed by atoms with E-state index in [1.807, 2.05) is 63.9 Å². The molecule has 0 radical (unpaired) electrons. The monoisotopic (exact) mass is 513 g/mol. The highest BCUT2D eigenvalue weighted by molar-refractivity contribution is 5.94. The van der Waals surface area contributed by atoms with Crippen molar-refractivity contribution in [3.63, 3.8) is 0 Å². The van der Waals surface area contributed by atoms with Crippen molar-refractivity contribution >= 4 is 28.5 Å². The van der Waals surface area contributed by atoms with E-state index in [0.29, 0.717) is 24.5 Å². The van der Waals surface area contributed by atoms with Crippen molar-refractivity contribution in [2.45, 2.75) is 78.1 Å². The van der Waals surface area contributed by atoms with Crippen molar-refractivity contribution in [2.24, 2.45) is 0 Å². The number of hydrogen-bond donors (Lipinski definition) is 1. The van der Waals surface area contributed by atoms with E-state index in [9.17, 15) is 10.1 Å². The Bertz CT molecular complexity index is 1410. The van der Waals surface area contributed by atoms with Crippen LogP contribution in [0.15, 0.2) is 30.5 Å². The van der Waals surface area contributed by atoms with Crippen molar-refractivity contribution in [3.8, 4) is 6.07 Å². The van der Waals surface area contributed by atoms with Crippen molar-refractivity contribution in [1.29, 1.82) is 5.26 Å². The van der Waals surface area contributed by atoms with Crippen LogP contribution in [0.4, 0.5) is 16.4 Å². The lowest BCUT2D eigenvalue weighted by molar-refractivity contribution is 0.0122. The first-order valence-corrected chi connectivity index (χ1v) is 13.2. The molecule has 2 aliphatic rings. The van der Waals surface area contributed by atoms with Crippen LogP contribution in [0.2, 0.25) is 0 Å². The standard InChI is InChI=1S/C29H35N7O2/c1-17-20(13-30)8-7-9-23(17)18(2)32-27-24-12-26(31-14-25(24)19(3)33-34-27)35-15-21-10-11-22(16-35)36(21)28(37)38-29(4,5)6/h7-9,12,14,18,21-22H,10-11,15-16H2,1-6H3,(H,32,34)/t18-,21?,22?/m1/s1. The third kappa shape index (κ3) is 4.83. The highest BCUT2D eigenvalue weighted by atomic mass is 16.6. The lowest BCUT2D eigenvalue weighted by Crippen LogP contribution is -2.57. The molecule has 2 fully saturated rings. The zero-order valence-corrected chi connectivity index (χ0v) is 22.9. The van der Waals surface area contributed by atoms with Crippen LogP contribution in [0.3, 0.4) is 0 Å². The number of benzene rings is 1. The smallest absolute Gasteiger partial charge is 0.410 e. The number of nitriles is 1. The van der Waals surface area contributed by atoms with Gasteiger partial charge in [0.2, 0.25) is 0 Å². The molecule has 2 aliphatic heterocycles. The second-order valence-corrected chi connectivity index (χ2v) is 11.4. The number of aryl methyl sites for hydroxylation is 1. The van der Waals surface area contributed by atoms with Crippen LogP contribution in [-0.2, 0) is 4.74 Å². The van der Waals surface area contributed by atoms with Gasteiger partial charge in [-0.25, -0.2) is 9.78 Å². The topological polar surface area (TPSA) is 107 Å². The highest BCUT2D eigenvalue weighted by Crippen LogP contribution is 2.35. The SMILES string of the molecule is Cc1c(C#N)cccc1[C@@H](C)Nc1nnc(C)c2cnc(N3CC4CCC(C3)N4C(=O)OC(C)(C)C)cc12. The summed E-state index contributed by atoms with van der Waals surface area (Å²) in [6.45, 7) is 13.1. The fourth-order valence-electron chi connectivity index (χ4n) is 5.67. The van der Waals surface area contributed by atoms with Gasteiger partial charge in [0.05, 0.1) is 35.5 Å². The first-order chi connectivity index (χ1) is 18.1. The molecular weight excluding hydrogens is 478 g/mol. The molecule has 1 N–H and O–H groups in total. The third-order valence-electron chi connectivity index (χ3n) is 7.56. The van der Waals surface area contributed by atoms with E-state index in [0.717, 1.165) is 46.3 Å². The number of piperazine rings is 1. The number of anilines is 2. The van der Waals surface area contributed by atoms with Gasteiger partial charge in [-0.1, -0.05) is 12.1 Å². The molecule has 198 valence electrons. The third-order valence-corrected chi connectivity index (χ3v) is 7.56. The number of rotatable bonds is 4. The molecule has 0 aliphatic carbocycles. The number of nitrogens with zero attached hydrogens (tertiary/aromatic N) is 6. The zero-order chi connectivity index (χ0) is 27.2. The largest absolute Gasteiger partial charge is 0.444 e. The number of fused-ring (bicyclic) bond motifs is 3. The average molecular weight is 514 g/mol. The van der Waals surface area contributed by atoms with Crippen LogP contribution in [0, 0.1) is 25.2 Å². The lowest BCUT2D eigenvalue weighted by atomic mass is 9.98. The van der Waals surface area contributed by atoms with Gasteiger partial charge in [0.15, 0.2) is 5.82 Å².